The van der Waals surface area contributed by atoms with Gasteiger partial charge in [0.05, 0.1) is 16.8 Å². The first-order valence-electron chi connectivity index (χ1n) is 7.54. The molecule has 0 aromatic carbocycles. The fourth-order valence-electron chi connectivity index (χ4n) is 2.78. The number of nitrogens with one attached hydrogen (secondary N) is 1. The highest BCUT2D eigenvalue weighted by molar-refractivity contribution is 6.06. The van der Waals surface area contributed by atoms with Gasteiger partial charge in [0.1, 0.15) is 0 Å². The molecule has 0 aliphatic carbocycles. The van der Waals surface area contributed by atoms with Gasteiger partial charge in [-0.05, 0) is 46.1 Å². The zero-order chi connectivity index (χ0) is 15.7. The minimum Gasteiger partial charge on any atom is -0.384 e. The van der Waals surface area contributed by atoms with E-state index in [4.69, 9.17) is 0 Å². The maximum Gasteiger partial charge on any atom is 0.163 e. The summed E-state index contributed by atoms with van der Waals surface area (Å²) in [5.74, 6) is 0. The Kier molecular flexibility index (Phi) is 3.94. The van der Waals surface area contributed by atoms with Gasteiger partial charge in [0, 0.05) is 25.2 Å². The molecule has 3 aromatic heterocycles. The van der Waals surface area contributed by atoms with Gasteiger partial charge >= 0.3 is 0 Å². The molecular formula is C16H22N6. The fraction of sp³-hybridized carbons (Fsp3) is 0.438. The van der Waals surface area contributed by atoms with Crippen LogP contribution in [0.4, 0.5) is 5.69 Å². The normalized spacial score (nSPS) is 11.7. The molecule has 0 atom stereocenters. The highest BCUT2D eigenvalue weighted by Gasteiger charge is 2.15. The van der Waals surface area contributed by atoms with Crippen LogP contribution in [0.25, 0.3) is 22.1 Å². The molecule has 3 rings (SSSR count). The van der Waals surface area contributed by atoms with Crippen molar-refractivity contribution in [1.82, 2.24) is 24.6 Å². The summed E-state index contributed by atoms with van der Waals surface area (Å²) >= 11 is 0. The molecule has 3 heterocycles. The van der Waals surface area contributed by atoms with Crippen LogP contribution < -0.4 is 5.32 Å². The number of aryl methyl sites for hydroxylation is 2. The smallest absolute Gasteiger partial charge is 0.163 e. The lowest BCUT2D eigenvalue weighted by atomic mass is 10.1. The van der Waals surface area contributed by atoms with Crippen LogP contribution in [0.5, 0.6) is 0 Å². The number of hydrogen-bond donors (Lipinski definition) is 1. The Morgan fingerprint density at radius 2 is 2.14 bits per heavy atom. The standard InChI is InChI=1S/C16H22N6/c1-11-13-14(17-9-6-10-21(2)3)12-7-5-8-18-15(12)19-16(13)22(4)20-11/h5,7-8H,6,9-10H2,1-4H3,(H,17,18,19). The molecule has 116 valence electrons. The topological polar surface area (TPSA) is 58.9 Å². The quantitative estimate of drug-likeness (QED) is 0.732. The van der Waals surface area contributed by atoms with Gasteiger partial charge in [0.2, 0.25) is 0 Å². The van der Waals surface area contributed by atoms with E-state index in [-0.39, 0.29) is 0 Å². The van der Waals surface area contributed by atoms with Crippen molar-refractivity contribution in [3.63, 3.8) is 0 Å². The molecule has 0 saturated carbocycles. The van der Waals surface area contributed by atoms with E-state index in [1.54, 1.807) is 6.20 Å². The van der Waals surface area contributed by atoms with Crippen LogP contribution in [-0.2, 0) is 7.05 Å². The fourth-order valence-corrected chi connectivity index (χ4v) is 2.78. The Balaban J connectivity index is 2.06. The molecule has 0 bridgehead atoms. The average molecular weight is 298 g/mol. The third-order valence-corrected chi connectivity index (χ3v) is 3.79. The second-order valence-electron chi connectivity index (χ2n) is 5.85. The first kappa shape index (κ1) is 14.7. The van der Waals surface area contributed by atoms with Crippen LogP contribution in [0.15, 0.2) is 18.3 Å². The highest BCUT2D eigenvalue weighted by atomic mass is 15.3. The third kappa shape index (κ3) is 2.62. The minimum atomic E-state index is 0.758. The van der Waals surface area contributed by atoms with Crippen molar-refractivity contribution in [1.29, 1.82) is 0 Å². The van der Waals surface area contributed by atoms with Gasteiger partial charge in [-0.25, -0.2) is 9.97 Å². The molecule has 0 saturated heterocycles. The summed E-state index contributed by atoms with van der Waals surface area (Å²) in [6.45, 7) is 4.00. The number of rotatable bonds is 5. The van der Waals surface area contributed by atoms with Crippen LogP contribution in [-0.4, -0.2) is 51.8 Å². The molecule has 0 amide bonds. The zero-order valence-corrected chi connectivity index (χ0v) is 13.6. The first-order chi connectivity index (χ1) is 10.6. The molecule has 0 spiro atoms. The van der Waals surface area contributed by atoms with E-state index in [1.165, 1.54) is 0 Å². The van der Waals surface area contributed by atoms with E-state index in [0.717, 1.165) is 53.0 Å². The number of anilines is 1. The largest absolute Gasteiger partial charge is 0.384 e. The predicted molar refractivity (Wildman–Crippen MR) is 90.2 cm³/mol. The van der Waals surface area contributed by atoms with Crippen molar-refractivity contribution in [3.05, 3.63) is 24.0 Å². The van der Waals surface area contributed by atoms with Crippen molar-refractivity contribution in [3.8, 4) is 0 Å². The van der Waals surface area contributed by atoms with Crippen molar-refractivity contribution >= 4 is 27.8 Å². The van der Waals surface area contributed by atoms with E-state index < -0.39 is 0 Å². The molecular weight excluding hydrogens is 276 g/mol. The zero-order valence-electron chi connectivity index (χ0n) is 13.6. The molecule has 0 unspecified atom stereocenters. The third-order valence-electron chi connectivity index (χ3n) is 3.79. The van der Waals surface area contributed by atoms with Gasteiger partial charge in [-0.15, -0.1) is 0 Å². The van der Waals surface area contributed by atoms with E-state index >= 15 is 0 Å². The first-order valence-corrected chi connectivity index (χ1v) is 7.54. The van der Waals surface area contributed by atoms with E-state index in [9.17, 15) is 0 Å². The van der Waals surface area contributed by atoms with Gasteiger partial charge in [0.15, 0.2) is 11.3 Å². The van der Waals surface area contributed by atoms with Crippen molar-refractivity contribution in [2.45, 2.75) is 13.3 Å². The Morgan fingerprint density at radius 1 is 1.32 bits per heavy atom. The van der Waals surface area contributed by atoms with Crippen LogP contribution in [0, 0.1) is 6.92 Å². The van der Waals surface area contributed by atoms with Crippen LogP contribution in [0.3, 0.4) is 0 Å². The molecule has 0 fully saturated rings. The van der Waals surface area contributed by atoms with Gasteiger partial charge in [-0.3, -0.25) is 4.68 Å². The number of fused-ring (bicyclic) bond motifs is 2. The molecule has 0 aliphatic heterocycles. The monoisotopic (exact) mass is 298 g/mol. The summed E-state index contributed by atoms with van der Waals surface area (Å²) < 4.78 is 1.82. The van der Waals surface area contributed by atoms with Crippen molar-refractivity contribution < 1.29 is 0 Å². The Hall–Kier alpha value is -2.21. The predicted octanol–water partition coefficient (Wildman–Crippen LogP) is 2.19. The summed E-state index contributed by atoms with van der Waals surface area (Å²) in [4.78, 5) is 11.2. The number of hydrogen-bond acceptors (Lipinski definition) is 5. The molecule has 1 N–H and O–H groups in total. The van der Waals surface area contributed by atoms with E-state index in [1.807, 2.05) is 24.7 Å². The molecule has 6 nitrogen and oxygen atoms in total. The van der Waals surface area contributed by atoms with Crippen LogP contribution in [0.2, 0.25) is 0 Å². The molecule has 0 radical (unpaired) electrons. The molecule has 3 aromatic rings. The number of pyridine rings is 2. The maximum absolute atomic E-state index is 4.66. The Labute approximate surface area is 130 Å². The Bertz CT molecular complexity index is 805. The van der Waals surface area contributed by atoms with E-state index in [0.29, 0.717) is 0 Å². The summed E-state index contributed by atoms with van der Waals surface area (Å²) in [5.41, 5.74) is 3.72. The highest BCUT2D eigenvalue weighted by Crippen LogP contribution is 2.31. The SMILES string of the molecule is Cc1nn(C)c2nc3ncccc3c(NCCCN(C)C)c12. The van der Waals surface area contributed by atoms with Crippen molar-refractivity contribution in [2.75, 3.05) is 32.5 Å². The van der Waals surface area contributed by atoms with Gasteiger partial charge < -0.3 is 10.2 Å². The molecule has 22 heavy (non-hydrogen) atoms. The summed E-state index contributed by atoms with van der Waals surface area (Å²) in [6.07, 6.45) is 2.86. The van der Waals surface area contributed by atoms with Crippen molar-refractivity contribution in [2.24, 2.45) is 7.05 Å². The minimum absolute atomic E-state index is 0.758. The summed E-state index contributed by atoms with van der Waals surface area (Å²) in [5, 5.41) is 10.2. The lowest BCUT2D eigenvalue weighted by Crippen LogP contribution is -2.16. The number of aromatic nitrogens is 4. The van der Waals surface area contributed by atoms with Crippen LogP contribution >= 0.6 is 0 Å². The molecule has 0 aliphatic rings. The van der Waals surface area contributed by atoms with Crippen LogP contribution in [0.1, 0.15) is 12.1 Å². The average Bonchev–Trinajstić information content (AvgIpc) is 2.77. The molecule has 6 heteroatoms. The van der Waals surface area contributed by atoms with Gasteiger partial charge in [0.25, 0.3) is 0 Å². The maximum atomic E-state index is 4.66. The summed E-state index contributed by atoms with van der Waals surface area (Å²) in [7, 11) is 6.11. The summed E-state index contributed by atoms with van der Waals surface area (Å²) in [6, 6.07) is 4.02. The van der Waals surface area contributed by atoms with E-state index in [2.05, 4.69) is 45.4 Å². The lowest BCUT2D eigenvalue weighted by molar-refractivity contribution is 0.405. The second-order valence-corrected chi connectivity index (χ2v) is 5.85. The second kappa shape index (κ2) is 5.88. The number of nitrogens with zero attached hydrogens (tertiary/aromatic N) is 5. The van der Waals surface area contributed by atoms with Gasteiger partial charge in [-0.2, -0.15) is 5.10 Å². The lowest BCUT2D eigenvalue weighted by Gasteiger charge is -2.13. The Morgan fingerprint density at radius 3 is 2.91 bits per heavy atom. The van der Waals surface area contributed by atoms with Gasteiger partial charge in [-0.1, -0.05) is 0 Å².